The Balaban J connectivity index is 2.32. The van der Waals surface area contributed by atoms with E-state index in [1.165, 1.54) is 19.1 Å². The Morgan fingerprint density at radius 2 is 1.80 bits per heavy atom. The molecule has 0 saturated carbocycles. The maximum atomic E-state index is 12.0. The lowest BCUT2D eigenvalue weighted by Crippen LogP contribution is -2.29. The number of hydrogen-bond acceptors (Lipinski definition) is 4. The van der Waals surface area contributed by atoms with Crippen LogP contribution in [0.4, 0.5) is 0 Å². The summed E-state index contributed by atoms with van der Waals surface area (Å²) in [6.45, 7) is 8.26. The van der Waals surface area contributed by atoms with Crippen LogP contribution in [0.2, 0.25) is 0 Å². The average molecular weight is 346 g/mol. The van der Waals surface area contributed by atoms with Gasteiger partial charge in [-0.15, -0.1) is 0 Å². The fourth-order valence-corrected chi connectivity index (χ4v) is 1.86. The Morgan fingerprint density at radius 3 is 2.44 bits per heavy atom. The number of carbonyl (C=O) groups excluding carboxylic acids is 3. The second-order valence-electron chi connectivity index (χ2n) is 6.72. The molecule has 0 fully saturated rings. The van der Waals surface area contributed by atoms with Crippen molar-refractivity contribution in [3.63, 3.8) is 0 Å². The number of nitrogens with one attached hydrogen (secondary N) is 2. The number of carbonyl (C=O) groups is 3. The second-order valence-corrected chi connectivity index (χ2v) is 6.72. The zero-order chi connectivity index (χ0) is 18.9. The van der Waals surface area contributed by atoms with E-state index in [1.807, 2.05) is 26.8 Å². The SMILES string of the molecule is CC(=O)Oc1cccc(C(=O)NCCCNC(=O)/C=C/C(C)(C)C)c1. The lowest BCUT2D eigenvalue weighted by atomic mass is 9.96. The van der Waals surface area contributed by atoms with Crippen molar-refractivity contribution < 1.29 is 19.1 Å². The van der Waals surface area contributed by atoms with Crippen molar-refractivity contribution in [2.75, 3.05) is 13.1 Å². The van der Waals surface area contributed by atoms with Crippen molar-refractivity contribution in [1.29, 1.82) is 0 Å². The smallest absolute Gasteiger partial charge is 0.308 e. The lowest BCUT2D eigenvalue weighted by Gasteiger charge is -2.11. The summed E-state index contributed by atoms with van der Waals surface area (Å²) in [6.07, 6.45) is 3.99. The molecule has 0 aliphatic carbocycles. The van der Waals surface area contributed by atoms with E-state index in [0.29, 0.717) is 30.8 Å². The second kappa shape index (κ2) is 9.61. The Morgan fingerprint density at radius 1 is 1.12 bits per heavy atom. The van der Waals surface area contributed by atoms with Gasteiger partial charge in [-0.3, -0.25) is 14.4 Å². The molecule has 0 bridgehead atoms. The highest BCUT2D eigenvalue weighted by molar-refractivity contribution is 5.94. The number of hydrogen-bond donors (Lipinski definition) is 2. The fraction of sp³-hybridized carbons (Fsp3) is 0.421. The first-order chi connectivity index (χ1) is 11.7. The summed E-state index contributed by atoms with van der Waals surface area (Å²) in [4.78, 5) is 34.6. The van der Waals surface area contributed by atoms with E-state index in [1.54, 1.807) is 18.2 Å². The molecule has 0 heterocycles. The zero-order valence-corrected chi connectivity index (χ0v) is 15.2. The maximum Gasteiger partial charge on any atom is 0.308 e. The zero-order valence-electron chi connectivity index (χ0n) is 15.2. The highest BCUT2D eigenvalue weighted by Gasteiger charge is 2.08. The number of benzene rings is 1. The molecule has 0 aliphatic rings. The first kappa shape index (κ1) is 20.4. The monoisotopic (exact) mass is 346 g/mol. The van der Waals surface area contributed by atoms with Crippen LogP contribution in [-0.4, -0.2) is 30.9 Å². The van der Waals surface area contributed by atoms with Crippen molar-refractivity contribution in [3.8, 4) is 5.75 Å². The third-order valence-corrected chi connectivity index (χ3v) is 3.03. The summed E-state index contributed by atoms with van der Waals surface area (Å²) in [6, 6.07) is 6.41. The van der Waals surface area contributed by atoms with Crippen molar-refractivity contribution in [1.82, 2.24) is 10.6 Å². The van der Waals surface area contributed by atoms with Crippen molar-refractivity contribution >= 4 is 17.8 Å². The minimum Gasteiger partial charge on any atom is -0.427 e. The molecule has 1 aromatic rings. The molecule has 1 rings (SSSR count). The molecule has 0 aromatic heterocycles. The van der Waals surface area contributed by atoms with Crippen LogP contribution in [0.5, 0.6) is 5.75 Å². The molecular weight excluding hydrogens is 320 g/mol. The van der Waals surface area contributed by atoms with Crippen LogP contribution in [0.1, 0.15) is 44.5 Å². The Labute approximate surface area is 148 Å². The Kier molecular flexibility index (Phi) is 7.85. The summed E-state index contributed by atoms with van der Waals surface area (Å²) in [7, 11) is 0. The lowest BCUT2D eigenvalue weighted by molar-refractivity contribution is -0.131. The summed E-state index contributed by atoms with van der Waals surface area (Å²) in [5.74, 6) is -0.504. The van der Waals surface area contributed by atoms with E-state index >= 15 is 0 Å². The predicted octanol–water partition coefficient (Wildman–Crippen LogP) is 2.45. The standard InChI is InChI=1S/C19H26N2O4/c1-14(22)25-16-8-5-7-15(13-16)18(24)21-12-6-11-20-17(23)9-10-19(2,3)4/h5,7-10,13H,6,11-12H2,1-4H3,(H,20,23)(H,21,24)/b10-9+. The first-order valence-corrected chi connectivity index (χ1v) is 8.21. The van der Waals surface area contributed by atoms with Crippen LogP contribution < -0.4 is 15.4 Å². The molecule has 0 spiro atoms. The quantitative estimate of drug-likeness (QED) is 0.344. The maximum absolute atomic E-state index is 12.0. The molecule has 2 N–H and O–H groups in total. The summed E-state index contributed by atoms with van der Waals surface area (Å²) in [5, 5.41) is 5.53. The van der Waals surface area contributed by atoms with Gasteiger partial charge in [0, 0.05) is 25.6 Å². The van der Waals surface area contributed by atoms with E-state index in [4.69, 9.17) is 4.74 Å². The van der Waals surface area contributed by atoms with Gasteiger partial charge in [-0.25, -0.2) is 0 Å². The van der Waals surface area contributed by atoms with Gasteiger partial charge < -0.3 is 15.4 Å². The Hall–Kier alpha value is -2.63. The van der Waals surface area contributed by atoms with Gasteiger partial charge in [-0.1, -0.05) is 32.9 Å². The average Bonchev–Trinajstić information content (AvgIpc) is 2.51. The molecule has 6 heteroatoms. The van der Waals surface area contributed by atoms with Crippen LogP contribution in [0, 0.1) is 5.41 Å². The van der Waals surface area contributed by atoms with Gasteiger partial charge in [-0.2, -0.15) is 0 Å². The van der Waals surface area contributed by atoms with Crippen LogP contribution in [-0.2, 0) is 9.59 Å². The van der Waals surface area contributed by atoms with E-state index in [0.717, 1.165) is 0 Å². The topological polar surface area (TPSA) is 84.5 Å². The largest absolute Gasteiger partial charge is 0.427 e. The van der Waals surface area contributed by atoms with Gasteiger partial charge in [0.2, 0.25) is 5.91 Å². The summed E-state index contributed by atoms with van der Waals surface area (Å²) >= 11 is 0. The van der Waals surface area contributed by atoms with Gasteiger partial charge in [0.1, 0.15) is 5.75 Å². The summed E-state index contributed by atoms with van der Waals surface area (Å²) in [5.41, 5.74) is 0.377. The molecule has 2 amide bonds. The number of rotatable bonds is 7. The summed E-state index contributed by atoms with van der Waals surface area (Å²) < 4.78 is 4.95. The molecule has 0 atom stereocenters. The molecular formula is C19H26N2O4. The first-order valence-electron chi connectivity index (χ1n) is 8.21. The van der Waals surface area contributed by atoms with Crippen LogP contribution in [0.15, 0.2) is 36.4 Å². The molecule has 0 unspecified atom stereocenters. The molecule has 0 aliphatic heterocycles. The number of amides is 2. The number of esters is 1. The molecule has 1 aromatic carbocycles. The van der Waals surface area contributed by atoms with Crippen molar-refractivity contribution in [3.05, 3.63) is 42.0 Å². The van der Waals surface area contributed by atoms with Gasteiger partial charge in [-0.05, 0) is 36.1 Å². The van der Waals surface area contributed by atoms with Gasteiger partial charge in [0.25, 0.3) is 5.91 Å². The highest BCUT2D eigenvalue weighted by atomic mass is 16.5. The number of allylic oxidation sites excluding steroid dienone is 1. The molecule has 25 heavy (non-hydrogen) atoms. The molecule has 6 nitrogen and oxygen atoms in total. The number of ether oxygens (including phenoxy) is 1. The predicted molar refractivity (Wildman–Crippen MR) is 96.3 cm³/mol. The van der Waals surface area contributed by atoms with Crippen LogP contribution in [0.3, 0.4) is 0 Å². The van der Waals surface area contributed by atoms with Crippen LogP contribution in [0.25, 0.3) is 0 Å². The van der Waals surface area contributed by atoms with E-state index < -0.39 is 5.97 Å². The van der Waals surface area contributed by atoms with Crippen molar-refractivity contribution in [2.24, 2.45) is 5.41 Å². The van der Waals surface area contributed by atoms with Crippen molar-refractivity contribution in [2.45, 2.75) is 34.1 Å². The highest BCUT2D eigenvalue weighted by Crippen LogP contribution is 2.14. The third-order valence-electron chi connectivity index (χ3n) is 3.03. The normalized spacial score (nSPS) is 11.2. The minimum absolute atomic E-state index is 0.0358. The third kappa shape index (κ3) is 9.30. The van der Waals surface area contributed by atoms with Gasteiger partial charge in [0.15, 0.2) is 0 Å². The molecule has 0 radical (unpaired) electrons. The minimum atomic E-state index is -0.436. The fourth-order valence-electron chi connectivity index (χ4n) is 1.86. The van der Waals surface area contributed by atoms with E-state index in [-0.39, 0.29) is 17.2 Å². The van der Waals surface area contributed by atoms with E-state index in [9.17, 15) is 14.4 Å². The Bertz CT molecular complexity index is 645. The van der Waals surface area contributed by atoms with Gasteiger partial charge >= 0.3 is 5.97 Å². The van der Waals surface area contributed by atoms with E-state index in [2.05, 4.69) is 10.6 Å². The molecule has 136 valence electrons. The van der Waals surface area contributed by atoms with Gasteiger partial charge in [0.05, 0.1) is 0 Å². The molecule has 0 saturated heterocycles. The van der Waals surface area contributed by atoms with Crippen LogP contribution >= 0.6 is 0 Å².